The van der Waals surface area contributed by atoms with Gasteiger partial charge in [0, 0.05) is 6.04 Å². The molecule has 1 aliphatic carbocycles. The maximum absolute atomic E-state index is 6.13. The van der Waals surface area contributed by atoms with Gasteiger partial charge in [-0.3, -0.25) is 0 Å². The molecule has 0 saturated carbocycles. The van der Waals surface area contributed by atoms with E-state index in [-0.39, 0.29) is 6.04 Å². The average molecular weight is 223 g/mol. The number of rotatable bonds is 1. The summed E-state index contributed by atoms with van der Waals surface area (Å²) in [7, 11) is 0. The van der Waals surface area contributed by atoms with Crippen molar-refractivity contribution in [3.63, 3.8) is 0 Å². The summed E-state index contributed by atoms with van der Waals surface area (Å²) in [4.78, 5) is 0. The molecule has 2 aromatic carbocycles. The third-order valence-electron chi connectivity index (χ3n) is 3.75. The highest BCUT2D eigenvalue weighted by Gasteiger charge is 2.21. The van der Waals surface area contributed by atoms with Crippen molar-refractivity contribution in [3.8, 4) is 11.1 Å². The molecule has 2 aromatic rings. The molecule has 0 bridgehead atoms. The van der Waals surface area contributed by atoms with Crippen LogP contribution in [0.25, 0.3) is 11.1 Å². The van der Waals surface area contributed by atoms with E-state index in [1.54, 1.807) is 0 Å². The van der Waals surface area contributed by atoms with E-state index in [1.807, 2.05) is 0 Å². The molecule has 1 nitrogen and oxygen atoms in total. The molecule has 1 aliphatic rings. The van der Waals surface area contributed by atoms with E-state index in [9.17, 15) is 0 Å². The quantitative estimate of drug-likeness (QED) is 0.785. The van der Waals surface area contributed by atoms with Gasteiger partial charge in [0.05, 0.1) is 0 Å². The Kier molecular flexibility index (Phi) is 2.49. The summed E-state index contributed by atoms with van der Waals surface area (Å²) >= 11 is 0. The van der Waals surface area contributed by atoms with Crippen molar-refractivity contribution in [1.82, 2.24) is 0 Å². The van der Waals surface area contributed by atoms with E-state index in [2.05, 4.69) is 49.4 Å². The van der Waals surface area contributed by atoms with Crippen LogP contribution in [0.4, 0.5) is 0 Å². The Morgan fingerprint density at radius 3 is 2.59 bits per heavy atom. The smallest absolute Gasteiger partial charge is 0.0300 e. The molecule has 0 spiro atoms. The molecule has 86 valence electrons. The molecule has 17 heavy (non-hydrogen) atoms. The number of hydrogen-bond donors (Lipinski definition) is 1. The molecule has 0 saturated heterocycles. The zero-order valence-electron chi connectivity index (χ0n) is 10.1. The minimum atomic E-state index is 0.231. The highest BCUT2D eigenvalue weighted by atomic mass is 14.6. The number of aryl methyl sites for hydroxylation is 1. The predicted octanol–water partition coefficient (Wildman–Crippen LogP) is 3.61. The minimum Gasteiger partial charge on any atom is -0.324 e. The third kappa shape index (κ3) is 1.67. The van der Waals surface area contributed by atoms with Crippen molar-refractivity contribution in [3.05, 3.63) is 59.2 Å². The molecule has 2 N–H and O–H groups in total. The van der Waals surface area contributed by atoms with Crippen LogP contribution in [0.15, 0.2) is 42.5 Å². The molecule has 0 aliphatic heterocycles. The van der Waals surface area contributed by atoms with Crippen molar-refractivity contribution in [2.45, 2.75) is 25.8 Å². The fraction of sp³-hybridized carbons (Fsp3) is 0.250. The molecule has 0 radical (unpaired) electrons. The van der Waals surface area contributed by atoms with Crippen LogP contribution in [-0.4, -0.2) is 0 Å². The Labute approximate surface area is 102 Å². The van der Waals surface area contributed by atoms with E-state index in [0.717, 1.165) is 12.8 Å². The molecule has 0 aromatic heterocycles. The van der Waals surface area contributed by atoms with Gasteiger partial charge in [-0.15, -0.1) is 0 Å². The Morgan fingerprint density at radius 2 is 1.76 bits per heavy atom. The van der Waals surface area contributed by atoms with Crippen LogP contribution in [0.3, 0.4) is 0 Å². The molecule has 1 atom stereocenters. The average Bonchev–Trinajstić information content (AvgIpc) is 2.72. The molecule has 0 heterocycles. The zero-order valence-corrected chi connectivity index (χ0v) is 10.1. The van der Waals surface area contributed by atoms with Gasteiger partial charge in [0.1, 0.15) is 0 Å². The molecular weight excluding hydrogens is 206 g/mol. The van der Waals surface area contributed by atoms with Crippen LogP contribution in [-0.2, 0) is 6.42 Å². The first-order valence-electron chi connectivity index (χ1n) is 6.21. The second-order valence-corrected chi connectivity index (χ2v) is 4.83. The number of hydrogen-bond acceptors (Lipinski definition) is 1. The highest BCUT2D eigenvalue weighted by Crippen LogP contribution is 2.37. The standard InChI is InChI=1S/C16H17N/c1-11-5-2-3-6-12(11)13-7-4-8-15-14(13)9-10-16(15)17/h2-8,16H,9-10,17H2,1H3. The van der Waals surface area contributed by atoms with Crippen LogP contribution in [0.2, 0.25) is 0 Å². The van der Waals surface area contributed by atoms with Crippen LogP contribution in [0.5, 0.6) is 0 Å². The van der Waals surface area contributed by atoms with Gasteiger partial charge in [0.2, 0.25) is 0 Å². The van der Waals surface area contributed by atoms with Crippen molar-refractivity contribution in [1.29, 1.82) is 0 Å². The third-order valence-corrected chi connectivity index (χ3v) is 3.75. The summed E-state index contributed by atoms with van der Waals surface area (Å²) in [5, 5.41) is 0. The Bertz CT molecular complexity index is 557. The Balaban J connectivity index is 2.20. The van der Waals surface area contributed by atoms with Crippen LogP contribution >= 0.6 is 0 Å². The molecule has 0 amide bonds. The van der Waals surface area contributed by atoms with E-state index < -0.39 is 0 Å². The van der Waals surface area contributed by atoms with Crippen LogP contribution in [0, 0.1) is 6.92 Å². The summed E-state index contributed by atoms with van der Waals surface area (Å²) in [6.45, 7) is 2.17. The fourth-order valence-electron chi connectivity index (χ4n) is 2.81. The molecular formula is C16H17N. The topological polar surface area (TPSA) is 26.0 Å². The zero-order chi connectivity index (χ0) is 11.8. The first kappa shape index (κ1) is 10.5. The Morgan fingerprint density at radius 1 is 1.00 bits per heavy atom. The first-order chi connectivity index (χ1) is 8.27. The Hall–Kier alpha value is -1.60. The number of nitrogens with two attached hydrogens (primary N) is 1. The highest BCUT2D eigenvalue weighted by molar-refractivity contribution is 5.72. The SMILES string of the molecule is Cc1ccccc1-c1cccc2c1CCC2N. The van der Waals surface area contributed by atoms with Crippen molar-refractivity contribution in [2.24, 2.45) is 5.73 Å². The van der Waals surface area contributed by atoms with Gasteiger partial charge < -0.3 is 5.73 Å². The van der Waals surface area contributed by atoms with E-state index in [4.69, 9.17) is 5.73 Å². The maximum atomic E-state index is 6.13. The van der Waals surface area contributed by atoms with E-state index in [1.165, 1.54) is 27.8 Å². The number of benzene rings is 2. The van der Waals surface area contributed by atoms with Crippen LogP contribution in [0.1, 0.15) is 29.2 Å². The monoisotopic (exact) mass is 223 g/mol. The lowest BCUT2D eigenvalue weighted by atomic mass is 9.94. The van der Waals surface area contributed by atoms with Gasteiger partial charge in [-0.1, -0.05) is 42.5 Å². The lowest BCUT2D eigenvalue weighted by Crippen LogP contribution is -2.04. The largest absolute Gasteiger partial charge is 0.324 e. The molecule has 3 rings (SSSR count). The van der Waals surface area contributed by atoms with Crippen LogP contribution < -0.4 is 5.73 Å². The summed E-state index contributed by atoms with van der Waals surface area (Å²) < 4.78 is 0. The molecule has 0 fully saturated rings. The summed E-state index contributed by atoms with van der Waals surface area (Å²) in [6.07, 6.45) is 2.19. The van der Waals surface area contributed by atoms with Gasteiger partial charge in [-0.25, -0.2) is 0 Å². The lowest BCUT2D eigenvalue weighted by Gasteiger charge is -2.12. The van der Waals surface area contributed by atoms with Gasteiger partial charge in [-0.05, 0) is 47.6 Å². The van der Waals surface area contributed by atoms with E-state index >= 15 is 0 Å². The predicted molar refractivity (Wildman–Crippen MR) is 71.9 cm³/mol. The van der Waals surface area contributed by atoms with Crippen molar-refractivity contribution < 1.29 is 0 Å². The maximum Gasteiger partial charge on any atom is 0.0300 e. The fourth-order valence-corrected chi connectivity index (χ4v) is 2.81. The lowest BCUT2D eigenvalue weighted by molar-refractivity contribution is 0.713. The summed E-state index contributed by atoms with van der Waals surface area (Å²) in [5.74, 6) is 0. The van der Waals surface area contributed by atoms with E-state index in [0.29, 0.717) is 0 Å². The summed E-state index contributed by atoms with van der Waals surface area (Å²) in [6, 6.07) is 15.3. The second-order valence-electron chi connectivity index (χ2n) is 4.83. The van der Waals surface area contributed by atoms with Gasteiger partial charge in [-0.2, -0.15) is 0 Å². The van der Waals surface area contributed by atoms with Crippen molar-refractivity contribution >= 4 is 0 Å². The normalized spacial score (nSPS) is 18.1. The summed E-state index contributed by atoms with van der Waals surface area (Å²) in [5.41, 5.74) is 13.0. The second kappa shape index (κ2) is 4.01. The first-order valence-corrected chi connectivity index (χ1v) is 6.21. The molecule has 1 unspecified atom stereocenters. The number of fused-ring (bicyclic) bond motifs is 1. The molecule has 1 heteroatoms. The van der Waals surface area contributed by atoms with Gasteiger partial charge in [0.15, 0.2) is 0 Å². The van der Waals surface area contributed by atoms with Crippen molar-refractivity contribution in [2.75, 3.05) is 0 Å². The van der Waals surface area contributed by atoms with Gasteiger partial charge >= 0.3 is 0 Å². The van der Waals surface area contributed by atoms with Gasteiger partial charge in [0.25, 0.3) is 0 Å². The minimum absolute atomic E-state index is 0.231.